The van der Waals surface area contributed by atoms with Crippen LogP contribution in [0.5, 0.6) is 0 Å². The fourth-order valence-electron chi connectivity index (χ4n) is 3.99. The van der Waals surface area contributed by atoms with Crippen molar-refractivity contribution in [3.63, 3.8) is 0 Å². The zero-order valence-corrected chi connectivity index (χ0v) is 14.7. The third-order valence-electron chi connectivity index (χ3n) is 5.39. The van der Waals surface area contributed by atoms with E-state index >= 15 is 0 Å². The molecule has 0 fully saturated rings. The molecule has 0 radical (unpaired) electrons. The normalized spacial score (nSPS) is 14.6. The Balaban J connectivity index is 1.46. The van der Waals surface area contributed by atoms with Crippen molar-refractivity contribution >= 4 is 27.8 Å². The molecule has 3 heterocycles. The lowest BCUT2D eigenvalue weighted by molar-refractivity contribution is 0.0750. The molecule has 4 aromatic rings. The second-order valence-corrected chi connectivity index (χ2v) is 6.86. The first-order chi connectivity index (χ1) is 12.7. The van der Waals surface area contributed by atoms with E-state index in [0.717, 1.165) is 46.4 Å². The van der Waals surface area contributed by atoms with Gasteiger partial charge in [-0.2, -0.15) is 0 Å². The minimum atomic E-state index is 0.0961. The third kappa shape index (κ3) is 2.24. The first kappa shape index (κ1) is 15.2. The van der Waals surface area contributed by atoms with Gasteiger partial charge >= 0.3 is 0 Å². The minimum absolute atomic E-state index is 0.0961. The maximum Gasteiger partial charge on any atom is 0.270 e. The van der Waals surface area contributed by atoms with Crippen LogP contribution in [0.4, 0.5) is 0 Å². The number of amides is 1. The van der Waals surface area contributed by atoms with Crippen molar-refractivity contribution in [2.45, 2.75) is 13.0 Å². The highest BCUT2D eigenvalue weighted by molar-refractivity contribution is 5.98. The standard InChI is InChI=1S/C21H20N4O/c1-23-17-8-4-2-6-15(17)14-19(23)21(26)24-11-10-20-22-16-7-3-5-9-18(16)25(20)13-12-24/h2-9,14H,10-13H2,1H3. The molecule has 0 spiro atoms. The average molecular weight is 344 g/mol. The molecule has 0 N–H and O–H groups in total. The monoisotopic (exact) mass is 344 g/mol. The predicted molar refractivity (Wildman–Crippen MR) is 102 cm³/mol. The van der Waals surface area contributed by atoms with E-state index in [1.807, 2.05) is 46.8 Å². The fourth-order valence-corrected chi connectivity index (χ4v) is 3.99. The van der Waals surface area contributed by atoms with Crippen molar-refractivity contribution in [3.8, 4) is 0 Å². The molecule has 0 saturated heterocycles. The Hall–Kier alpha value is -3.08. The van der Waals surface area contributed by atoms with Crippen molar-refractivity contribution in [1.82, 2.24) is 19.0 Å². The van der Waals surface area contributed by atoms with Gasteiger partial charge in [0.2, 0.25) is 0 Å². The van der Waals surface area contributed by atoms with Crippen LogP contribution in [-0.2, 0) is 20.0 Å². The molecule has 0 unspecified atom stereocenters. The zero-order chi connectivity index (χ0) is 17.7. The summed E-state index contributed by atoms with van der Waals surface area (Å²) in [5, 5.41) is 1.10. The molecular formula is C21H20N4O. The van der Waals surface area contributed by atoms with E-state index in [1.54, 1.807) is 0 Å². The topological polar surface area (TPSA) is 43.1 Å². The number of imidazole rings is 1. The first-order valence-corrected chi connectivity index (χ1v) is 9.00. The maximum atomic E-state index is 13.2. The van der Waals surface area contributed by atoms with Crippen molar-refractivity contribution in [1.29, 1.82) is 0 Å². The van der Waals surface area contributed by atoms with Crippen LogP contribution in [-0.4, -0.2) is 38.0 Å². The van der Waals surface area contributed by atoms with Crippen LogP contribution in [0.3, 0.4) is 0 Å². The molecule has 0 bridgehead atoms. The maximum absolute atomic E-state index is 13.2. The largest absolute Gasteiger partial charge is 0.340 e. The van der Waals surface area contributed by atoms with Crippen LogP contribution in [0, 0.1) is 0 Å². The quantitative estimate of drug-likeness (QED) is 0.532. The summed E-state index contributed by atoms with van der Waals surface area (Å²) in [4.78, 5) is 19.9. The Morgan fingerprint density at radius 3 is 2.58 bits per heavy atom. The number of hydrogen-bond donors (Lipinski definition) is 0. The Labute approximate surface area is 151 Å². The lowest BCUT2D eigenvalue weighted by atomic mass is 10.2. The molecule has 1 aliphatic heterocycles. The van der Waals surface area contributed by atoms with Gasteiger partial charge in [-0.25, -0.2) is 4.98 Å². The summed E-state index contributed by atoms with van der Waals surface area (Å²) in [5.41, 5.74) is 4.03. The number of nitrogens with zero attached hydrogens (tertiary/aromatic N) is 4. The van der Waals surface area contributed by atoms with Gasteiger partial charge in [0.15, 0.2) is 0 Å². The van der Waals surface area contributed by atoms with E-state index in [2.05, 4.69) is 28.8 Å². The average Bonchev–Trinajstić information content (AvgIpc) is 3.11. The molecule has 0 atom stereocenters. The molecule has 26 heavy (non-hydrogen) atoms. The van der Waals surface area contributed by atoms with Gasteiger partial charge in [-0.05, 0) is 24.3 Å². The summed E-state index contributed by atoms with van der Waals surface area (Å²) < 4.78 is 4.25. The second kappa shape index (κ2) is 5.73. The predicted octanol–water partition coefficient (Wildman–Crippen LogP) is 3.23. The van der Waals surface area contributed by atoms with Gasteiger partial charge in [0.05, 0.1) is 11.0 Å². The molecule has 0 saturated carbocycles. The van der Waals surface area contributed by atoms with Crippen LogP contribution in [0.15, 0.2) is 54.6 Å². The van der Waals surface area contributed by atoms with Gasteiger partial charge in [-0.15, -0.1) is 0 Å². The van der Waals surface area contributed by atoms with Crippen molar-refractivity contribution in [2.75, 3.05) is 13.1 Å². The van der Waals surface area contributed by atoms with Crippen molar-refractivity contribution < 1.29 is 4.79 Å². The Morgan fingerprint density at radius 2 is 1.73 bits per heavy atom. The number of hydrogen-bond acceptors (Lipinski definition) is 2. The molecule has 5 rings (SSSR count). The highest BCUT2D eigenvalue weighted by Crippen LogP contribution is 2.22. The van der Waals surface area contributed by atoms with Gasteiger partial charge < -0.3 is 14.0 Å². The first-order valence-electron chi connectivity index (χ1n) is 9.00. The van der Waals surface area contributed by atoms with E-state index in [9.17, 15) is 4.79 Å². The SMILES string of the molecule is Cn1c(C(=O)N2CCc3nc4ccccc4n3CC2)cc2ccccc21. The van der Waals surface area contributed by atoms with Crippen LogP contribution >= 0.6 is 0 Å². The van der Waals surface area contributed by atoms with Gasteiger partial charge in [-0.3, -0.25) is 4.79 Å². The fraction of sp³-hybridized carbons (Fsp3) is 0.238. The van der Waals surface area contributed by atoms with Crippen LogP contribution in [0.25, 0.3) is 21.9 Å². The van der Waals surface area contributed by atoms with E-state index in [0.29, 0.717) is 13.1 Å². The summed E-state index contributed by atoms with van der Waals surface area (Å²) in [5.74, 6) is 1.16. The molecule has 1 amide bonds. The number of para-hydroxylation sites is 3. The summed E-state index contributed by atoms with van der Waals surface area (Å²) in [6.45, 7) is 2.18. The Morgan fingerprint density at radius 1 is 0.962 bits per heavy atom. The summed E-state index contributed by atoms with van der Waals surface area (Å²) in [7, 11) is 1.96. The van der Waals surface area contributed by atoms with E-state index in [4.69, 9.17) is 4.98 Å². The number of aryl methyl sites for hydroxylation is 1. The second-order valence-electron chi connectivity index (χ2n) is 6.86. The molecule has 130 valence electrons. The summed E-state index contributed by atoms with van der Waals surface area (Å²) >= 11 is 0. The molecular weight excluding hydrogens is 324 g/mol. The number of carbonyl (C=O) groups is 1. The number of benzene rings is 2. The minimum Gasteiger partial charge on any atom is -0.340 e. The van der Waals surface area contributed by atoms with Gasteiger partial charge in [0.1, 0.15) is 11.5 Å². The number of rotatable bonds is 1. The summed E-state index contributed by atoms with van der Waals surface area (Å²) in [6.07, 6.45) is 0.782. The molecule has 2 aromatic carbocycles. The summed E-state index contributed by atoms with van der Waals surface area (Å²) in [6, 6.07) is 18.3. The number of aromatic nitrogens is 3. The molecule has 0 aliphatic carbocycles. The van der Waals surface area contributed by atoms with E-state index in [1.165, 1.54) is 0 Å². The highest BCUT2D eigenvalue weighted by atomic mass is 16.2. The third-order valence-corrected chi connectivity index (χ3v) is 5.39. The lowest BCUT2D eigenvalue weighted by Gasteiger charge is -2.20. The van der Waals surface area contributed by atoms with Gasteiger partial charge in [-0.1, -0.05) is 30.3 Å². The molecule has 5 heteroatoms. The van der Waals surface area contributed by atoms with Crippen LogP contribution < -0.4 is 0 Å². The number of fused-ring (bicyclic) bond motifs is 4. The highest BCUT2D eigenvalue weighted by Gasteiger charge is 2.24. The van der Waals surface area contributed by atoms with E-state index < -0.39 is 0 Å². The zero-order valence-electron chi connectivity index (χ0n) is 14.7. The number of carbonyl (C=O) groups excluding carboxylic acids is 1. The van der Waals surface area contributed by atoms with E-state index in [-0.39, 0.29) is 5.91 Å². The van der Waals surface area contributed by atoms with Gasteiger partial charge in [0, 0.05) is 44.0 Å². The lowest BCUT2D eigenvalue weighted by Crippen LogP contribution is -2.34. The molecule has 2 aromatic heterocycles. The van der Waals surface area contributed by atoms with Crippen molar-refractivity contribution in [2.24, 2.45) is 7.05 Å². The smallest absolute Gasteiger partial charge is 0.270 e. The molecule has 1 aliphatic rings. The molecule has 5 nitrogen and oxygen atoms in total. The Kier molecular flexibility index (Phi) is 3.35. The van der Waals surface area contributed by atoms with Crippen LogP contribution in [0.2, 0.25) is 0 Å². The van der Waals surface area contributed by atoms with Gasteiger partial charge in [0.25, 0.3) is 5.91 Å². The van der Waals surface area contributed by atoms with Crippen molar-refractivity contribution in [3.05, 3.63) is 66.1 Å². The Bertz CT molecular complexity index is 1140. The van der Waals surface area contributed by atoms with Crippen LogP contribution in [0.1, 0.15) is 16.3 Å².